The number of halogens is 1. The lowest BCUT2D eigenvalue weighted by Gasteiger charge is -2.10. The van der Waals surface area contributed by atoms with Crippen LogP contribution in [0.25, 0.3) is 0 Å². The number of nitrogens with one attached hydrogen (secondary N) is 1. The highest BCUT2D eigenvalue weighted by atomic mass is 19.1. The minimum absolute atomic E-state index is 0.269. The van der Waals surface area contributed by atoms with Gasteiger partial charge in [0.25, 0.3) is 0 Å². The molecule has 1 saturated heterocycles. The molecule has 1 N–H and O–H groups in total. The topological polar surface area (TPSA) is 56.3 Å². The Morgan fingerprint density at radius 3 is 2.91 bits per heavy atom. The van der Waals surface area contributed by atoms with Crippen molar-refractivity contribution in [2.24, 2.45) is 0 Å². The van der Waals surface area contributed by atoms with Crippen LogP contribution in [0.2, 0.25) is 0 Å². The molecule has 0 amide bonds. The number of benzene rings is 1. The van der Waals surface area contributed by atoms with Gasteiger partial charge < -0.3 is 14.8 Å². The molecule has 0 radical (unpaired) electrons. The van der Waals surface area contributed by atoms with Gasteiger partial charge in [-0.1, -0.05) is 0 Å². The van der Waals surface area contributed by atoms with Gasteiger partial charge in [0.1, 0.15) is 30.3 Å². The molecule has 2 aromatic rings. The van der Waals surface area contributed by atoms with Crippen molar-refractivity contribution in [1.29, 1.82) is 0 Å². The van der Waals surface area contributed by atoms with E-state index in [4.69, 9.17) is 9.47 Å². The molecular weight excluding hydrogens is 285 g/mol. The molecular formula is C16H18FN3O2. The van der Waals surface area contributed by atoms with E-state index in [9.17, 15) is 4.39 Å². The molecule has 0 aliphatic carbocycles. The summed E-state index contributed by atoms with van der Waals surface area (Å²) in [5, 5.41) is 3.20. The van der Waals surface area contributed by atoms with Gasteiger partial charge in [-0.3, -0.25) is 0 Å². The Hall–Kier alpha value is -2.21. The molecule has 1 aromatic carbocycles. The Balaban J connectivity index is 1.47. The Kier molecular flexibility index (Phi) is 4.80. The Labute approximate surface area is 128 Å². The zero-order valence-electron chi connectivity index (χ0n) is 12.2. The first-order valence-electron chi connectivity index (χ1n) is 7.33. The van der Waals surface area contributed by atoms with Gasteiger partial charge in [-0.25, -0.2) is 14.4 Å². The van der Waals surface area contributed by atoms with Crippen LogP contribution in [0.1, 0.15) is 18.0 Å². The first-order valence-corrected chi connectivity index (χ1v) is 7.33. The zero-order chi connectivity index (χ0) is 15.2. The van der Waals surface area contributed by atoms with E-state index >= 15 is 0 Å². The lowest BCUT2D eigenvalue weighted by molar-refractivity contribution is 0.193. The van der Waals surface area contributed by atoms with Gasteiger partial charge in [-0.15, -0.1) is 0 Å². The molecule has 0 spiro atoms. The van der Waals surface area contributed by atoms with Crippen molar-refractivity contribution >= 4 is 5.82 Å². The van der Waals surface area contributed by atoms with Crippen LogP contribution < -0.4 is 10.1 Å². The van der Waals surface area contributed by atoms with Crippen LogP contribution in [0.4, 0.5) is 10.2 Å². The summed E-state index contributed by atoms with van der Waals surface area (Å²) in [5.74, 6) is 1.52. The Bertz CT molecular complexity index is 601. The molecule has 0 unspecified atom stereocenters. The van der Waals surface area contributed by atoms with Crippen molar-refractivity contribution < 1.29 is 13.9 Å². The second-order valence-electron chi connectivity index (χ2n) is 5.12. The van der Waals surface area contributed by atoms with Gasteiger partial charge in [0.15, 0.2) is 0 Å². The summed E-state index contributed by atoms with van der Waals surface area (Å²) in [6.45, 7) is 2.60. The molecule has 1 fully saturated rings. The predicted octanol–water partition coefficient (Wildman–Crippen LogP) is 2.61. The van der Waals surface area contributed by atoms with Crippen LogP contribution in [-0.2, 0) is 4.74 Å². The van der Waals surface area contributed by atoms with Gasteiger partial charge in [0.05, 0.1) is 18.8 Å². The van der Waals surface area contributed by atoms with E-state index in [1.165, 1.54) is 12.1 Å². The van der Waals surface area contributed by atoms with Crippen molar-refractivity contribution in [2.45, 2.75) is 12.3 Å². The maximum Gasteiger partial charge on any atom is 0.129 e. The molecule has 3 rings (SSSR count). The number of rotatable bonds is 6. The third kappa shape index (κ3) is 3.92. The summed E-state index contributed by atoms with van der Waals surface area (Å²) in [6, 6.07) is 7.93. The van der Waals surface area contributed by atoms with Crippen molar-refractivity contribution in [2.75, 3.05) is 31.7 Å². The fraction of sp³-hybridized carbons (Fsp3) is 0.375. The molecule has 5 nitrogen and oxygen atoms in total. The third-order valence-electron chi connectivity index (χ3n) is 3.53. The van der Waals surface area contributed by atoms with Gasteiger partial charge in [0.2, 0.25) is 0 Å². The number of aromatic nitrogens is 2. The summed E-state index contributed by atoms with van der Waals surface area (Å²) >= 11 is 0. The SMILES string of the molecule is Fc1ccc(OCCNc2cc([C@H]3CCOC3)ncn2)cc1. The molecule has 0 bridgehead atoms. The molecule has 2 heterocycles. The molecule has 6 heteroatoms. The van der Waals surface area contributed by atoms with Gasteiger partial charge >= 0.3 is 0 Å². The van der Waals surface area contributed by atoms with E-state index in [0.29, 0.717) is 24.8 Å². The quantitative estimate of drug-likeness (QED) is 0.831. The first-order chi connectivity index (χ1) is 10.8. The summed E-state index contributed by atoms with van der Waals surface area (Å²) in [5.41, 5.74) is 1.01. The van der Waals surface area contributed by atoms with Crippen molar-refractivity contribution in [3.05, 3.63) is 48.2 Å². The monoisotopic (exact) mass is 303 g/mol. The minimum Gasteiger partial charge on any atom is -0.492 e. The summed E-state index contributed by atoms with van der Waals surface area (Å²) in [4.78, 5) is 8.51. The van der Waals surface area contributed by atoms with Crippen LogP contribution in [0, 0.1) is 5.82 Å². The maximum absolute atomic E-state index is 12.8. The average Bonchev–Trinajstić information content (AvgIpc) is 3.08. The fourth-order valence-corrected chi connectivity index (χ4v) is 2.34. The maximum atomic E-state index is 12.8. The van der Waals surface area contributed by atoms with Crippen LogP contribution in [0.5, 0.6) is 5.75 Å². The predicted molar refractivity (Wildman–Crippen MR) is 80.6 cm³/mol. The van der Waals surface area contributed by atoms with Crippen LogP contribution >= 0.6 is 0 Å². The van der Waals surface area contributed by atoms with Crippen LogP contribution in [-0.4, -0.2) is 36.3 Å². The zero-order valence-corrected chi connectivity index (χ0v) is 12.2. The smallest absolute Gasteiger partial charge is 0.129 e. The van der Waals surface area contributed by atoms with Crippen LogP contribution in [0.3, 0.4) is 0 Å². The van der Waals surface area contributed by atoms with Crippen LogP contribution in [0.15, 0.2) is 36.7 Å². The van der Waals surface area contributed by atoms with E-state index in [0.717, 1.165) is 31.1 Å². The average molecular weight is 303 g/mol. The summed E-state index contributed by atoms with van der Waals surface area (Å²) < 4.78 is 23.7. The second-order valence-corrected chi connectivity index (χ2v) is 5.12. The number of hydrogen-bond donors (Lipinski definition) is 1. The van der Waals surface area contributed by atoms with Gasteiger partial charge in [-0.05, 0) is 30.7 Å². The lowest BCUT2D eigenvalue weighted by atomic mass is 10.1. The molecule has 116 valence electrons. The van der Waals surface area contributed by atoms with Crippen molar-refractivity contribution in [3.63, 3.8) is 0 Å². The van der Waals surface area contributed by atoms with Gasteiger partial charge in [-0.2, -0.15) is 0 Å². The van der Waals surface area contributed by atoms with Gasteiger partial charge in [0, 0.05) is 18.6 Å². The highest BCUT2D eigenvalue weighted by Gasteiger charge is 2.19. The first kappa shape index (κ1) is 14.7. The van der Waals surface area contributed by atoms with E-state index in [1.807, 2.05) is 6.07 Å². The molecule has 22 heavy (non-hydrogen) atoms. The lowest BCUT2D eigenvalue weighted by Crippen LogP contribution is -2.13. The van der Waals surface area contributed by atoms with E-state index in [2.05, 4.69) is 15.3 Å². The van der Waals surface area contributed by atoms with E-state index < -0.39 is 0 Å². The highest BCUT2D eigenvalue weighted by Crippen LogP contribution is 2.24. The number of hydrogen-bond acceptors (Lipinski definition) is 5. The third-order valence-corrected chi connectivity index (χ3v) is 3.53. The normalized spacial score (nSPS) is 17.4. The molecule has 0 saturated carbocycles. The van der Waals surface area contributed by atoms with Crippen molar-refractivity contribution in [3.8, 4) is 5.75 Å². The summed E-state index contributed by atoms with van der Waals surface area (Å²) in [6.07, 6.45) is 2.57. The number of nitrogens with zero attached hydrogens (tertiary/aromatic N) is 2. The second kappa shape index (κ2) is 7.17. The van der Waals surface area contributed by atoms with E-state index in [1.54, 1.807) is 18.5 Å². The summed E-state index contributed by atoms with van der Waals surface area (Å²) in [7, 11) is 0. The molecule has 1 aromatic heterocycles. The molecule has 1 aliphatic rings. The standard InChI is InChI=1S/C16H18FN3O2/c17-13-1-3-14(4-2-13)22-8-6-18-16-9-15(19-11-20-16)12-5-7-21-10-12/h1-4,9,11-12H,5-8,10H2,(H,18,19,20)/t12-/m0/s1. The van der Waals surface area contributed by atoms with E-state index in [-0.39, 0.29) is 5.82 Å². The largest absolute Gasteiger partial charge is 0.492 e. The number of ether oxygens (including phenoxy) is 2. The number of anilines is 1. The fourth-order valence-electron chi connectivity index (χ4n) is 2.34. The van der Waals surface area contributed by atoms with Crippen molar-refractivity contribution in [1.82, 2.24) is 9.97 Å². The molecule has 1 atom stereocenters. The Morgan fingerprint density at radius 1 is 1.27 bits per heavy atom. The Morgan fingerprint density at radius 2 is 2.14 bits per heavy atom. The molecule has 1 aliphatic heterocycles. The highest BCUT2D eigenvalue weighted by molar-refractivity contribution is 5.36. The minimum atomic E-state index is -0.269.